The Hall–Kier alpha value is -1.84. The van der Waals surface area contributed by atoms with Gasteiger partial charge in [-0.15, -0.1) is 0 Å². The lowest BCUT2D eigenvalue weighted by Crippen LogP contribution is -2.65. The minimum absolute atomic E-state index is 0.343. The predicted octanol–water partition coefficient (Wildman–Crippen LogP) is 0.812. The number of hydrogen-bond donors (Lipinski definition) is 1. The van der Waals surface area contributed by atoms with Crippen LogP contribution in [0.3, 0.4) is 0 Å². The lowest BCUT2D eigenvalue weighted by atomic mass is 9.97. The molecule has 0 radical (unpaired) electrons. The standard InChI is InChI=1S/C11H16F3N5O2/c1-10(21-2)4-18(5-10)9(20)16-3-8(11(12,13)14)19-7-15-6-17-19/h6-8H,3-5H2,1-2H3,(H,16,20). The first-order valence-corrected chi connectivity index (χ1v) is 6.24. The molecule has 0 spiro atoms. The Bertz CT molecular complexity index is 485. The van der Waals surface area contributed by atoms with E-state index in [1.165, 1.54) is 12.0 Å². The highest BCUT2D eigenvalue weighted by molar-refractivity contribution is 5.75. The van der Waals surface area contributed by atoms with E-state index in [1.54, 1.807) is 0 Å². The lowest BCUT2D eigenvalue weighted by Gasteiger charge is -2.46. The fourth-order valence-electron chi connectivity index (χ4n) is 2.07. The molecule has 1 saturated heterocycles. The maximum Gasteiger partial charge on any atom is 0.412 e. The van der Waals surface area contributed by atoms with Crippen molar-refractivity contribution in [1.29, 1.82) is 0 Å². The van der Waals surface area contributed by atoms with Gasteiger partial charge < -0.3 is 15.0 Å². The van der Waals surface area contributed by atoms with Gasteiger partial charge in [-0.05, 0) is 6.92 Å². The van der Waals surface area contributed by atoms with Gasteiger partial charge in [0.15, 0.2) is 6.04 Å². The van der Waals surface area contributed by atoms with Crippen molar-refractivity contribution < 1.29 is 22.7 Å². The van der Waals surface area contributed by atoms with Crippen LogP contribution in [-0.4, -0.2) is 64.2 Å². The number of halogens is 3. The van der Waals surface area contributed by atoms with Crippen molar-refractivity contribution in [1.82, 2.24) is 25.0 Å². The van der Waals surface area contributed by atoms with Gasteiger partial charge in [-0.1, -0.05) is 0 Å². The fourth-order valence-corrected chi connectivity index (χ4v) is 2.07. The molecule has 10 heteroatoms. The number of carbonyl (C=O) groups excluding carboxylic acids is 1. The third-order valence-corrected chi connectivity index (χ3v) is 3.41. The minimum atomic E-state index is -4.53. The van der Waals surface area contributed by atoms with Crippen molar-refractivity contribution in [2.75, 3.05) is 26.7 Å². The zero-order valence-electron chi connectivity index (χ0n) is 11.6. The quantitative estimate of drug-likeness (QED) is 0.893. The van der Waals surface area contributed by atoms with Crippen molar-refractivity contribution in [3.8, 4) is 0 Å². The Labute approximate surface area is 119 Å². The number of nitrogens with one attached hydrogen (secondary N) is 1. The number of amides is 2. The molecule has 2 rings (SSSR count). The molecule has 2 heterocycles. The van der Waals surface area contributed by atoms with Crippen molar-refractivity contribution in [2.45, 2.75) is 24.7 Å². The van der Waals surface area contributed by atoms with Gasteiger partial charge in [0.2, 0.25) is 0 Å². The molecule has 1 aliphatic rings. The third-order valence-electron chi connectivity index (χ3n) is 3.41. The summed E-state index contributed by atoms with van der Waals surface area (Å²) in [5.41, 5.74) is -0.424. The summed E-state index contributed by atoms with van der Waals surface area (Å²) >= 11 is 0. The van der Waals surface area contributed by atoms with Crippen LogP contribution in [0.2, 0.25) is 0 Å². The molecule has 118 valence electrons. The van der Waals surface area contributed by atoms with Crippen LogP contribution in [0.5, 0.6) is 0 Å². The van der Waals surface area contributed by atoms with Gasteiger partial charge in [-0.25, -0.2) is 14.5 Å². The molecule has 1 unspecified atom stereocenters. The SMILES string of the molecule is COC1(C)CN(C(=O)NCC(n2cncn2)C(F)(F)F)C1. The van der Waals surface area contributed by atoms with Gasteiger partial charge in [0.25, 0.3) is 0 Å². The number of carbonyl (C=O) groups is 1. The third kappa shape index (κ3) is 3.43. The van der Waals surface area contributed by atoms with Crippen LogP contribution in [0.4, 0.5) is 18.0 Å². The second-order valence-electron chi connectivity index (χ2n) is 5.13. The van der Waals surface area contributed by atoms with Crippen molar-refractivity contribution >= 4 is 6.03 Å². The monoisotopic (exact) mass is 307 g/mol. The number of ether oxygens (including phenoxy) is 1. The van der Waals surface area contributed by atoms with Crippen LogP contribution < -0.4 is 5.32 Å². The Morgan fingerprint density at radius 3 is 2.67 bits per heavy atom. The van der Waals surface area contributed by atoms with E-state index >= 15 is 0 Å². The van der Waals surface area contributed by atoms with Gasteiger partial charge in [-0.3, -0.25) is 0 Å². The number of alkyl halides is 3. The minimum Gasteiger partial charge on any atom is -0.375 e. The molecule has 21 heavy (non-hydrogen) atoms. The van der Waals surface area contributed by atoms with E-state index in [0.717, 1.165) is 12.7 Å². The van der Waals surface area contributed by atoms with E-state index in [2.05, 4.69) is 15.4 Å². The molecule has 1 aromatic heterocycles. The van der Waals surface area contributed by atoms with E-state index in [1.807, 2.05) is 6.92 Å². The summed E-state index contributed by atoms with van der Waals surface area (Å²) in [7, 11) is 1.53. The molecular weight excluding hydrogens is 291 g/mol. The van der Waals surface area contributed by atoms with Gasteiger partial charge >= 0.3 is 12.2 Å². The summed E-state index contributed by atoms with van der Waals surface area (Å²) in [6.45, 7) is 1.90. The molecular formula is C11H16F3N5O2. The highest BCUT2D eigenvalue weighted by Crippen LogP contribution is 2.29. The normalized spacial score (nSPS) is 19.0. The predicted molar refractivity (Wildman–Crippen MR) is 65.5 cm³/mol. The van der Waals surface area contributed by atoms with Crippen LogP contribution in [0, 0.1) is 0 Å². The summed E-state index contributed by atoms with van der Waals surface area (Å²) in [5.74, 6) is 0. The molecule has 7 nitrogen and oxygen atoms in total. The number of aromatic nitrogens is 3. The topological polar surface area (TPSA) is 72.3 Å². The maximum absolute atomic E-state index is 12.9. The molecule has 1 aromatic rings. The average molecular weight is 307 g/mol. The van der Waals surface area contributed by atoms with Crippen molar-refractivity contribution in [3.05, 3.63) is 12.7 Å². The molecule has 0 aromatic carbocycles. The molecule has 1 aliphatic heterocycles. The van der Waals surface area contributed by atoms with Crippen molar-refractivity contribution in [2.24, 2.45) is 0 Å². The number of methoxy groups -OCH3 is 1. The zero-order valence-corrected chi connectivity index (χ0v) is 11.6. The second-order valence-corrected chi connectivity index (χ2v) is 5.13. The number of rotatable bonds is 4. The van der Waals surface area contributed by atoms with E-state index in [9.17, 15) is 18.0 Å². The number of likely N-dealkylation sites (tertiary alicyclic amines) is 1. The van der Waals surface area contributed by atoms with Crippen LogP contribution in [0.25, 0.3) is 0 Å². The number of nitrogens with zero attached hydrogens (tertiary/aromatic N) is 4. The second kappa shape index (κ2) is 5.51. The van der Waals surface area contributed by atoms with E-state index in [-0.39, 0.29) is 0 Å². The summed E-state index contributed by atoms with van der Waals surface area (Å²) in [5, 5.41) is 5.74. The van der Waals surface area contributed by atoms with Crippen LogP contribution in [-0.2, 0) is 4.74 Å². The number of urea groups is 1. The van der Waals surface area contributed by atoms with Crippen LogP contribution >= 0.6 is 0 Å². The molecule has 1 atom stereocenters. The van der Waals surface area contributed by atoms with Gasteiger partial charge in [0.1, 0.15) is 18.3 Å². The molecule has 0 saturated carbocycles. The van der Waals surface area contributed by atoms with E-state index < -0.39 is 30.4 Å². The summed E-state index contributed by atoms with van der Waals surface area (Å²) < 4.78 is 44.6. The Kier molecular flexibility index (Phi) is 4.08. The zero-order chi connectivity index (χ0) is 15.7. The van der Waals surface area contributed by atoms with Gasteiger partial charge in [0, 0.05) is 7.11 Å². The highest BCUT2D eigenvalue weighted by atomic mass is 19.4. The molecule has 0 bridgehead atoms. The smallest absolute Gasteiger partial charge is 0.375 e. The van der Waals surface area contributed by atoms with Crippen LogP contribution in [0.15, 0.2) is 12.7 Å². The highest BCUT2D eigenvalue weighted by Gasteiger charge is 2.44. The van der Waals surface area contributed by atoms with E-state index in [4.69, 9.17) is 4.74 Å². The first-order chi connectivity index (χ1) is 9.75. The summed E-state index contributed by atoms with van der Waals surface area (Å²) in [6.07, 6.45) is -2.55. The maximum atomic E-state index is 12.9. The fraction of sp³-hybridized carbons (Fsp3) is 0.727. The summed E-state index contributed by atoms with van der Waals surface area (Å²) in [4.78, 5) is 16.7. The largest absolute Gasteiger partial charge is 0.412 e. The Morgan fingerprint density at radius 1 is 1.52 bits per heavy atom. The van der Waals surface area contributed by atoms with Crippen molar-refractivity contribution in [3.63, 3.8) is 0 Å². The average Bonchev–Trinajstić information content (AvgIpc) is 2.87. The first-order valence-electron chi connectivity index (χ1n) is 6.24. The van der Waals surface area contributed by atoms with Gasteiger partial charge in [0.05, 0.1) is 19.6 Å². The molecule has 0 aliphatic carbocycles. The van der Waals surface area contributed by atoms with Crippen LogP contribution in [0.1, 0.15) is 13.0 Å². The molecule has 2 amide bonds. The molecule has 1 fully saturated rings. The van der Waals surface area contributed by atoms with E-state index in [0.29, 0.717) is 17.8 Å². The number of hydrogen-bond acceptors (Lipinski definition) is 4. The lowest BCUT2D eigenvalue weighted by molar-refractivity contribution is -0.168. The summed E-state index contributed by atoms with van der Waals surface area (Å²) in [6, 6.07) is -2.50. The van der Waals surface area contributed by atoms with Gasteiger partial charge in [-0.2, -0.15) is 18.3 Å². The first kappa shape index (κ1) is 15.5. The Balaban J connectivity index is 1.90. The Morgan fingerprint density at radius 2 is 2.19 bits per heavy atom. The molecule has 1 N–H and O–H groups in total.